The van der Waals surface area contributed by atoms with Gasteiger partial charge in [-0.1, -0.05) is 18.2 Å². The monoisotopic (exact) mass is 642 g/mol. The number of alkyl halides is 3. The second-order valence-corrected chi connectivity index (χ2v) is 11.9. The first kappa shape index (κ1) is 35.6. The third kappa shape index (κ3) is 8.42. The fourth-order valence-corrected chi connectivity index (χ4v) is 5.04. The van der Waals surface area contributed by atoms with Gasteiger partial charge in [0.2, 0.25) is 11.9 Å². The van der Waals surface area contributed by atoms with Crippen molar-refractivity contribution in [3.8, 4) is 6.07 Å². The number of methoxy groups -OCH3 is 1. The largest absolute Gasteiger partial charge is 0.466 e. The van der Waals surface area contributed by atoms with E-state index >= 15 is 0 Å². The molecule has 1 atom stereocenters. The van der Waals surface area contributed by atoms with Gasteiger partial charge in [-0.25, -0.2) is 9.59 Å². The molecule has 3 amide bonds. The van der Waals surface area contributed by atoms with Crippen LogP contribution in [0.4, 0.5) is 23.7 Å². The summed E-state index contributed by atoms with van der Waals surface area (Å²) in [7, 11) is 8.95. The topological polar surface area (TPSA) is 130 Å². The van der Waals surface area contributed by atoms with Gasteiger partial charge in [0.25, 0.3) is 0 Å². The molecule has 0 bridgehead atoms. The molecule has 246 valence electrons. The maximum atomic E-state index is 13.8. The van der Waals surface area contributed by atoms with E-state index in [4.69, 9.17) is 10.1 Å². The Morgan fingerprint density at radius 2 is 1.76 bits per heavy atom. The number of guanidine groups is 1. The number of benzene rings is 2. The van der Waals surface area contributed by atoms with E-state index in [0.717, 1.165) is 59.0 Å². The Balaban J connectivity index is 2.03. The molecule has 46 heavy (non-hydrogen) atoms. The zero-order chi connectivity index (χ0) is 34.4. The second-order valence-electron chi connectivity index (χ2n) is 11.9. The highest BCUT2D eigenvalue weighted by molar-refractivity contribution is 6.10. The minimum atomic E-state index is -4.70. The molecular formula is C32H39F3N7O4+. The van der Waals surface area contributed by atoms with Crippen molar-refractivity contribution in [2.24, 2.45) is 0 Å². The summed E-state index contributed by atoms with van der Waals surface area (Å²) in [6.45, 7) is 2.38. The average Bonchev–Trinajstić information content (AvgIpc) is 3.00. The van der Waals surface area contributed by atoms with Gasteiger partial charge in [0.05, 0.1) is 64.1 Å². The van der Waals surface area contributed by atoms with Crippen molar-refractivity contribution in [2.75, 3.05) is 59.8 Å². The van der Waals surface area contributed by atoms with Crippen molar-refractivity contribution in [1.29, 1.82) is 10.7 Å². The van der Waals surface area contributed by atoms with Crippen LogP contribution >= 0.6 is 0 Å². The van der Waals surface area contributed by atoms with Crippen LogP contribution in [0.25, 0.3) is 0 Å². The molecule has 1 unspecified atom stereocenters. The Bertz CT molecular complexity index is 1540. The number of likely N-dealkylation sites (N-methyl/N-ethyl adjacent to an activating group) is 1. The number of carbonyl (C=O) groups is 3. The molecule has 0 saturated heterocycles. The van der Waals surface area contributed by atoms with Gasteiger partial charge in [-0.05, 0) is 55.7 Å². The molecule has 0 aliphatic carbocycles. The highest BCUT2D eigenvalue weighted by Gasteiger charge is 2.44. The molecule has 11 nitrogen and oxygen atoms in total. The molecule has 0 fully saturated rings. The predicted octanol–water partition coefficient (Wildman–Crippen LogP) is 4.48. The number of amides is 3. The average molecular weight is 643 g/mol. The van der Waals surface area contributed by atoms with Crippen LogP contribution in [0.3, 0.4) is 0 Å². The molecule has 0 aromatic heterocycles. The molecule has 2 N–H and O–H groups in total. The molecule has 2 aromatic carbocycles. The van der Waals surface area contributed by atoms with Crippen LogP contribution in [-0.4, -0.2) is 93.1 Å². The lowest BCUT2D eigenvalue weighted by Gasteiger charge is -2.43. The van der Waals surface area contributed by atoms with E-state index in [2.05, 4.69) is 26.5 Å². The maximum Gasteiger partial charge on any atom is 0.416 e. The molecule has 0 saturated carbocycles. The van der Waals surface area contributed by atoms with E-state index in [9.17, 15) is 32.8 Å². The van der Waals surface area contributed by atoms with Gasteiger partial charge < -0.3 is 19.4 Å². The SMILES string of the molecule is COC(=O)C1=C(C)N(c2cccc(C(F)(F)F)c2)C(=N)N(C(=O)NCC(=O)N(C)CCCC[N+](C)(C)C)C1c1ccc(C#N)cc1. The molecule has 1 heterocycles. The van der Waals surface area contributed by atoms with Crippen molar-refractivity contribution in [2.45, 2.75) is 32.0 Å². The van der Waals surface area contributed by atoms with Gasteiger partial charge in [0, 0.05) is 25.0 Å². The molecule has 3 rings (SSSR count). The summed E-state index contributed by atoms with van der Waals surface area (Å²) in [5.74, 6) is -1.86. The summed E-state index contributed by atoms with van der Waals surface area (Å²) in [6, 6.07) is 9.85. The maximum absolute atomic E-state index is 13.8. The normalized spacial score (nSPS) is 15.4. The number of hydrogen-bond acceptors (Lipinski definition) is 6. The molecule has 0 spiro atoms. The number of esters is 1. The minimum Gasteiger partial charge on any atom is -0.466 e. The standard InChI is InChI=1S/C32H38F3N7O4/c1-21-27(29(44)46-6)28(23-14-12-22(19-36)13-15-23)41(30(37)40(21)25-11-9-10-24(18-25)32(33,34)35)31(45)38-20-26(43)39(2)16-7-8-17-42(3,4)5/h9-15,18,28,37H,7-8,16-17,20H2,1-6H3/p+1. The summed E-state index contributed by atoms with van der Waals surface area (Å²) in [4.78, 5) is 43.4. The number of nitrogens with zero attached hydrogens (tertiary/aromatic N) is 5. The Morgan fingerprint density at radius 1 is 1.11 bits per heavy atom. The third-order valence-electron chi connectivity index (χ3n) is 7.50. The first-order valence-electron chi connectivity index (χ1n) is 14.5. The highest BCUT2D eigenvalue weighted by Crippen LogP contribution is 2.41. The number of ether oxygens (including phenoxy) is 1. The van der Waals surface area contributed by atoms with E-state index in [0.29, 0.717) is 17.7 Å². The van der Waals surface area contributed by atoms with Crippen molar-refractivity contribution in [1.82, 2.24) is 15.1 Å². The fraction of sp³-hybridized carbons (Fsp3) is 0.406. The number of urea groups is 1. The van der Waals surface area contributed by atoms with E-state index in [1.54, 1.807) is 7.05 Å². The van der Waals surface area contributed by atoms with E-state index in [1.165, 1.54) is 42.2 Å². The number of rotatable bonds is 10. The molecular weight excluding hydrogens is 603 g/mol. The Hall–Kier alpha value is -4.90. The number of hydrogen-bond donors (Lipinski definition) is 2. The molecule has 1 aliphatic heterocycles. The van der Waals surface area contributed by atoms with Crippen molar-refractivity contribution in [3.05, 3.63) is 76.5 Å². The predicted molar refractivity (Wildman–Crippen MR) is 165 cm³/mol. The Labute approximate surface area is 266 Å². The van der Waals surface area contributed by atoms with Crippen LogP contribution in [0.5, 0.6) is 0 Å². The van der Waals surface area contributed by atoms with Crippen molar-refractivity contribution < 1.29 is 36.8 Å². The number of nitrogens with one attached hydrogen (secondary N) is 2. The number of unbranched alkanes of at least 4 members (excludes halogenated alkanes) is 1. The van der Waals surface area contributed by atoms with Crippen LogP contribution in [0, 0.1) is 16.7 Å². The summed E-state index contributed by atoms with van der Waals surface area (Å²) in [6.07, 6.45) is -3.06. The Kier molecular flexibility index (Phi) is 11.2. The summed E-state index contributed by atoms with van der Waals surface area (Å²) in [5, 5.41) is 20.9. The summed E-state index contributed by atoms with van der Waals surface area (Å²) < 4.78 is 46.7. The van der Waals surface area contributed by atoms with E-state index < -0.39 is 48.2 Å². The summed E-state index contributed by atoms with van der Waals surface area (Å²) in [5.41, 5.74) is -0.574. The van der Waals surface area contributed by atoms with Crippen LogP contribution in [0.2, 0.25) is 0 Å². The minimum absolute atomic E-state index is 0.0549. The molecule has 0 radical (unpaired) electrons. The van der Waals surface area contributed by atoms with Gasteiger partial charge in [-0.15, -0.1) is 0 Å². The van der Waals surface area contributed by atoms with Gasteiger partial charge in [-0.3, -0.25) is 20.0 Å². The summed E-state index contributed by atoms with van der Waals surface area (Å²) >= 11 is 0. The number of carbonyl (C=O) groups excluding carboxylic acids is 3. The van der Waals surface area contributed by atoms with Crippen LogP contribution < -0.4 is 10.2 Å². The Morgan fingerprint density at radius 3 is 2.33 bits per heavy atom. The van der Waals surface area contributed by atoms with E-state index in [1.807, 2.05) is 6.07 Å². The number of halogens is 3. The lowest BCUT2D eigenvalue weighted by atomic mass is 9.92. The van der Waals surface area contributed by atoms with Crippen LogP contribution in [0.15, 0.2) is 59.8 Å². The van der Waals surface area contributed by atoms with Gasteiger partial charge >= 0.3 is 18.2 Å². The van der Waals surface area contributed by atoms with Crippen molar-refractivity contribution >= 4 is 29.6 Å². The van der Waals surface area contributed by atoms with Gasteiger partial charge in [-0.2, -0.15) is 18.4 Å². The quantitative estimate of drug-likeness (QED) is 0.224. The van der Waals surface area contributed by atoms with Crippen LogP contribution in [0.1, 0.15) is 42.5 Å². The number of quaternary nitrogens is 1. The lowest BCUT2D eigenvalue weighted by molar-refractivity contribution is -0.870. The first-order valence-corrected chi connectivity index (χ1v) is 14.5. The number of allylic oxidation sites excluding steroid dienone is 1. The van der Waals surface area contributed by atoms with Gasteiger partial charge in [0.1, 0.15) is 6.04 Å². The molecule has 14 heteroatoms. The number of anilines is 1. The first-order chi connectivity index (χ1) is 21.5. The smallest absolute Gasteiger partial charge is 0.416 e. The highest BCUT2D eigenvalue weighted by atomic mass is 19.4. The number of nitriles is 1. The fourth-order valence-electron chi connectivity index (χ4n) is 5.04. The lowest BCUT2D eigenvalue weighted by Crippen LogP contribution is -2.57. The van der Waals surface area contributed by atoms with E-state index in [-0.39, 0.29) is 17.0 Å². The zero-order valence-electron chi connectivity index (χ0n) is 26.7. The van der Waals surface area contributed by atoms with Crippen LogP contribution in [-0.2, 0) is 20.5 Å². The van der Waals surface area contributed by atoms with Gasteiger partial charge in [0.15, 0.2) is 0 Å². The molecule has 2 aromatic rings. The molecule has 1 aliphatic rings. The third-order valence-corrected chi connectivity index (χ3v) is 7.50. The van der Waals surface area contributed by atoms with Crippen molar-refractivity contribution in [3.63, 3.8) is 0 Å². The zero-order valence-corrected chi connectivity index (χ0v) is 26.7. The second kappa shape index (κ2) is 14.5.